The number of aromatic nitrogens is 2. The molecule has 6 heteroatoms. The largest absolute Gasteiger partial charge is 0.368 e. The molecule has 1 aromatic carbocycles. The molecule has 0 bridgehead atoms. The van der Waals surface area contributed by atoms with Crippen molar-refractivity contribution in [3.05, 3.63) is 41.6 Å². The van der Waals surface area contributed by atoms with Crippen LogP contribution in [-0.4, -0.2) is 49.2 Å². The molecular weight excluding hydrogens is 324 g/mol. The molecule has 2 saturated heterocycles. The second-order valence-corrected chi connectivity index (χ2v) is 7.00. The number of rotatable bonds is 3. The van der Waals surface area contributed by atoms with Crippen molar-refractivity contribution in [2.45, 2.75) is 19.8 Å². The summed E-state index contributed by atoms with van der Waals surface area (Å²) in [5, 5.41) is 9.10. The summed E-state index contributed by atoms with van der Waals surface area (Å²) in [4.78, 5) is 16.5. The van der Waals surface area contributed by atoms with E-state index in [0.717, 1.165) is 62.4 Å². The third kappa shape index (κ3) is 3.43. The molecule has 0 radical (unpaired) electrons. The molecule has 26 heavy (non-hydrogen) atoms. The first-order chi connectivity index (χ1) is 12.7. The molecule has 134 valence electrons. The Bertz CT molecular complexity index is 813. The van der Waals surface area contributed by atoms with Gasteiger partial charge in [-0.05, 0) is 38.0 Å². The van der Waals surface area contributed by atoms with Crippen molar-refractivity contribution in [1.29, 1.82) is 5.26 Å². The van der Waals surface area contributed by atoms with Crippen molar-refractivity contribution in [1.82, 2.24) is 9.97 Å². The van der Waals surface area contributed by atoms with E-state index in [-0.39, 0.29) is 0 Å². The summed E-state index contributed by atoms with van der Waals surface area (Å²) >= 11 is 0. The van der Waals surface area contributed by atoms with E-state index in [1.165, 1.54) is 12.8 Å². The zero-order valence-corrected chi connectivity index (χ0v) is 15.2. The lowest BCUT2D eigenvalue weighted by atomic mass is 10.2. The van der Waals surface area contributed by atoms with Crippen LogP contribution in [0.2, 0.25) is 0 Å². The van der Waals surface area contributed by atoms with Crippen molar-refractivity contribution in [3.63, 3.8) is 0 Å². The van der Waals surface area contributed by atoms with E-state index >= 15 is 0 Å². The second-order valence-electron chi connectivity index (χ2n) is 7.00. The van der Waals surface area contributed by atoms with E-state index in [0.29, 0.717) is 5.56 Å². The Morgan fingerprint density at radius 3 is 2.35 bits per heavy atom. The topological polar surface area (TPSA) is 59.3 Å². The quantitative estimate of drug-likeness (QED) is 0.850. The van der Waals surface area contributed by atoms with E-state index in [9.17, 15) is 0 Å². The van der Waals surface area contributed by atoms with Gasteiger partial charge in [-0.15, -0.1) is 0 Å². The number of nitrogens with zero attached hydrogens (tertiary/aromatic N) is 6. The molecule has 0 spiro atoms. The van der Waals surface area contributed by atoms with Crippen molar-refractivity contribution >= 4 is 17.5 Å². The lowest BCUT2D eigenvalue weighted by molar-refractivity contribution is 0.645. The molecule has 6 nitrogen and oxygen atoms in total. The Labute approximate surface area is 154 Å². The Balaban J connectivity index is 1.47. The molecule has 0 N–H and O–H groups in total. The van der Waals surface area contributed by atoms with Gasteiger partial charge in [-0.2, -0.15) is 10.2 Å². The van der Waals surface area contributed by atoms with Crippen molar-refractivity contribution in [2.75, 3.05) is 54.0 Å². The molecule has 2 aliphatic heterocycles. The van der Waals surface area contributed by atoms with Crippen LogP contribution in [0, 0.1) is 18.3 Å². The molecule has 2 aromatic rings. The number of anilines is 3. The SMILES string of the molecule is Cc1cc(N2CCN(c3cccc(C#N)c3)CC2)nc(N2CCCC2)n1. The number of nitriles is 1. The number of piperazine rings is 1. The Kier molecular flexibility index (Phi) is 4.61. The van der Waals surface area contributed by atoms with Gasteiger partial charge in [0.15, 0.2) is 0 Å². The summed E-state index contributed by atoms with van der Waals surface area (Å²) in [5.41, 5.74) is 2.87. The summed E-state index contributed by atoms with van der Waals surface area (Å²) in [6, 6.07) is 12.2. The fourth-order valence-corrected chi connectivity index (χ4v) is 3.72. The van der Waals surface area contributed by atoms with E-state index in [1.54, 1.807) is 0 Å². The Morgan fingerprint density at radius 1 is 0.885 bits per heavy atom. The molecule has 1 aromatic heterocycles. The van der Waals surface area contributed by atoms with E-state index in [2.05, 4.69) is 37.9 Å². The highest BCUT2D eigenvalue weighted by atomic mass is 15.3. The summed E-state index contributed by atoms with van der Waals surface area (Å²) < 4.78 is 0. The summed E-state index contributed by atoms with van der Waals surface area (Å²) in [7, 11) is 0. The van der Waals surface area contributed by atoms with Crippen LogP contribution in [0.5, 0.6) is 0 Å². The molecule has 0 aliphatic carbocycles. The highest BCUT2D eigenvalue weighted by Crippen LogP contribution is 2.23. The van der Waals surface area contributed by atoms with Gasteiger partial charge in [0.05, 0.1) is 11.6 Å². The second kappa shape index (κ2) is 7.20. The normalized spacial score (nSPS) is 17.5. The third-order valence-corrected chi connectivity index (χ3v) is 5.16. The Hall–Kier alpha value is -2.81. The van der Waals surface area contributed by atoms with Crippen LogP contribution >= 0.6 is 0 Å². The van der Waals surface area contributed by atoms with Gasteiger partial charge in [0.1, 0.15) is 5.82 Å². The number of benzene rings is 1. The van der Waals surface area contributed by atoms with Gasteiger partial charge in [0.2, 0.25) is 5.95 Å². The van der Waals surface area contributed by atoms with Gasteiger partial charge in [0.25, 0.3) is 0 Å². The minimum absolute atomic E-state index is 0.714. The minimum atomic E-state index is 0.714. The van der Waals surface area contributed by atoms with Gasteiger partial charge in [-0.1, -0.05) is 6.07 Å². The van der Waals surface area contributed by atoms with Crippen molar-refractivity contribution in [2.24, 2.45) is 0 Å². The third-order valence-electron chi connectivity index (χ3n) is 5.16. The molecule has 2 aliphatic rings. The van der Waals surface area contributed by atoms with E-state index in [1.807, 2.05) is 25.1 Å². The van der Waals surface area contributed by atoms with Crippen LogP contribution < -0.4 is 14.7 Å². The average molecular weight is 348 g/mol. The van der Waals surface area contributed by atoms with Crippen LogP contribution in [0.3, 0.4) is 0 Å². The number of hydrogen-bond donors (Lipinski definition) is 0. The van der Waals surface area contributed by atoms with Gasteiger partial charge in [0, 0.05) is 56.7 Å². The lowest BCUT2D eigenvalue weighted by Gasteiger charge is -2.37. The molecule has 4 rings (SSSR count). The maximum atomic E-state index is 9.10. The average Bonchev–Trinajstić information content (AvgIpc) is 3.23. The maximum absolute atomic E-state index is 9.10. The van der Waals surface area contributed by atoms with E-state index in [4.69, 9.17) is 10.2 Å². The zero-order valence-electron chi connectivity index (χ0n) is 15.2. The fraction of sp³-hybridized carbons (Fsp3) is 0.450. The van der Waals surface area contributed by atoms with Crippen molar-refractivity contribution < 1.29 is 0 Å². The first kappa shape index (κ1) is 16.6. The fourth-order valence-electron chi connectivity index (χ4n) is 3.72. The van der Waals surface area contributed by atoms with Gasteiger partial charge in [-0.25, -0.2) is 4.98 Å². The van der Waals surface area contributed by atoms with Gasteiger partial charge >= 0.3 is 0 Å². The smallest absolute Gasteiger partial charge is 0.227 e. The monoisotopic (exact) mass is 348 g/mol. The lowest BCUT2D eigenvalue weighted by Crippen LogP contribution is -2.47. The summed E-state index contributed by atoms with van der Waals surface area (Å²) in [6.45, 7) is 7.87. The molecule has 3 heterocycles. The summed E-state index contributed by atoms with van der Waals surface area (Å²) in [6.07, 6.45) is 2.46. The predicted molar refractivity (Wildman–Crippen MR) is 104 cm³/mol. The van der Waals surface area contributed by atoms with Crippen LogP contribution in [0.4, 0.5) is 17.5 Å². The molecule has 0 amide bonds. The zero-order chi connectivity index (χ0) is 17.9. The van der Waals surface area contributed by atoms with Gasteiger partial charge < -0.3 is 14.7 Å². The summed E-state index contributed by atoms with van der Waals surface area (Å²) in [5.74, 6) is 1.91. The predicted octanol–water partition coefficient (Wildman–Crippen LogP) is 2.58. The van der Waals surface area contributed by atoms with Crippen LogP contribution in [0.1, 0.15) is 24.1 Å². The first-order valence-electron chi connectivity index (χ1n) is 9.33. The molecule has 0 atom stereocenters. The molecule has 0 saturated carbocycles. The number of aryl methyl sites for hydroxylation is 1. The highest BCUT2D eigenvalue weighted by molar-refractivity contribution is 5.54. The van der Waals surface area contributed by atoms with Gasteiger partial charge in [-0.3, -0.25) is 0 Å². The van der Waals surface area contributed by atoms with Crippen LogP contribution in [-0.2, 0) is 0 Å². The van der Waals surface area contributed by atoms with Crippen LogP contribution in [0.15, 0.2) is 30.3 Å². The van der Waals surface area contributed by atoms with Crippen molar-refractivity contribution in [3.8, 4) is 6.07 Å². The van der Waals surface area contributed by atoms with Crippen LogP contribution in [0.25, 0.3) is 0 Å². The maximum Gasteiger partial charge on any atom is 0.227 e. The minimum Gasteiger partial charge on any atom is -0.368 e. The Morgan fingerprint density at radius 2 is 1.62 bits per heavy atom. The standard InChI is InChI=1S/C20H24N6/c1-16-13-19(23-20(22-16)26-7-2-3-8-26)25-11-9-24(10-12-25)18-6-4-5-17(14-18)15-21/h4-6,13-14H,2-3,7-12H2,1H3. The molecule has 0 unspecified atom stereocenters. The first-order valence-corrected chi connectivity index (χ1v) is 9.33. The number of hydrogen-bond acceptors (Lipinski definition) is 6. The molecule has 2 fully saturated rings. The van der Waals surface area contributed by atoms with E-state index < -0.39 is 0 Å². The molecular formula is C20H24N6. The highest BCUT2D eigenvalue weighted by Gasteiger charge is 2.21.